The van der Waals surface area contributed by atoms with E-state index in [1.807, 2.05) is 0 Å². The highest BCUT2D eigenvalue weighted by Gasteiger charge is 2.09. The lowest BCUT2D eigenvalue weighted by Crippen LogP contribution is -2.26. The van der Waals surface area contributed by atoms with Gasteiger partial charge in [-0.15, -0.1) is 0 Å². The van der Waals surface area contributed by atoms with Crippen molar-refractivity contribution in [3.05, 3.63) is 29.8 Å². The number of hydrogen-bond acceptors (Lipinski definition) is 2. The smallest absolute Gasteiger partial charge is 0.254 e. The van der Waals surface area contributed by atoms with Crippen LogP contribution in [0.25, 0.3) is 0 Å². The lowest BCUT2D eigenvalue weighted by molar-refractivity contribution is 0.0952. The Morgan fingerprint density at radius 2 is 2.46 bits per heavy atom. The molecule has 13 heavy (non-hydrogen) atoms. The summed E-state index contributed by atoms with van der Waals surface area (Å²) < 4.78 is 12.9. The Bertz CT molecular complexity index is 306. The molecule has 1 amide bonds. The van der Waals surface area contributed by atoms with Crippen LogP contribution in [0.15, 0.2) is 18.5 Å². The second kappa shape index (κ2) is 4.91. The van der Waals surface area contributed by atoms with Crippen LogP contribution < -0.4 is 5.32 Å². The van der Waals surface area contributed by atoms with E-state index in [0.717, 1.165) is 6.20 Å². The van der Waals surface area contributed by atoms with Gasteiger partial charge in [0.1, 0.15) is 0 Å². The first-order valence-corrected chi connectivity index (χ1v) is 4.81. The van der Waals surface area contributed by atoms with Gasteiger partial charge in [0.2, 0.25) is 0 Å². The Labute approximate surface area is 83.5 Å². The van der Waals surface area contributed by atoms with E-state index in [1.54, 1.807) is 0 Å². The molecular formula is C8H8BrFN2O. The summed E-state index contributed by atoms with van der Waals surface area (Å²) in [6.07, 6.45) is 2.40. The number of amides is 1. The molecule has 1 aromatic rings. The van der Waals surface area contributed by atoms with E-state index in [0.29, 0.717) is 11.9 Å². The average Bonchev–Trinajstić information content (AvgIpc) is 2.15. The standard InChI is InChI=1S/C8H8BrFN2O/c9-2-4-12-8(13)6-1-3-11-5-7(6)10/h1,3,5H,2,4H2,(H,12,13). The summed E-state index contributed by atoms with van der Waals surface area (Å²) in [5, 5.41) is 3.18. The number of pyridine rings is 1. The summed E-state index contributed by atoms with van der Waals surface area (Å²) in [5.41, 5.74) is 0.0240. The van der Waals surface area contributed by atoms with Gasteiger partial charge in [-0.05, 0) is 6.07 Å². The SMILES string of the molecule is O=C(NCCBr)c1ccncc1F. The Kier molecular flexibility index (Phi) is 3.82. The first-order chi connectivity index (χ1) is 6.25. The first kappa shape index (κ1) is 10.1. The predicted molar refractivity (Wildman–Crippen MR) is 50.3 cm³/mol. The molecule has 0 aromatic carbocycles. The predicted octanol–water partition coefficient (Wildman–Crippen LogP) is 1.35. The van der Waals surface area contributed by atoms with Crippen molar-refractivity contribution >= 4 is 21.8 Å². The Morgan fingerprint density at radius 3 is 3.08 bits per heavy atom. The van der Waals surface area contributed by atoms with E-state index in [1.165, 1.54) is 12.3 Å². The van der Waals surface area contributed by atoms with Gasteiger partial charge >= 0.3 is 0 Å². The molecule has 0 bridgehead atoms. The minimum atomic E-state index is -0.602. The second-order valence-corrected chi connectivity index (χ2v) is 3.09. The zero-order valence-electron chi connectivity index (χ0n) is 6.76. The Balaban J connectivity index is 2.71. The number of hydrogen-bond donors (Lipinski definition) is 1. The molecular weight excluding hydrogens is 239 g/mol. The number of aromatic nitrogens is 1. The van der Waals surface area contributed by atoms with Crippen LogP contribution in [0.4, 0.5) is 4.39 Å². The molecule has 1 rings (SSSR count). The summed E-state index contributed by atoms with van der Waals surface area (Å²) in [4.78, 5) is 14.8. The molecule has 0 spiro atoms. The highest BCUT2D eigenvalue weighted by Crippen LogP contribution is 2.03. The van der Waals surface area contributed by atoms with Gasteiger partial charge < -0.3 is 5.32 Å². The van der Waals surface area contributed by atoms with E-state index in [4.69, 9.17) is 0 Å². The number of carbonyl (C=O) groups excluding carboxylic acids is 1. The van der Waals surface area contributed by atoms with Crippen LogP contribution in [0.5, 0.6) is 0 Å². The molecule has 1 heterocycles. The molecule has 0 saturated heterocycles. The van der Waals surface area contributed by atoms with Crippen LogP contribution in [0, 0.1) is 5.82 Å². The molecule has 0 aliphatic rings. The molecule has 1 N–H and O–H groups in total. The van der Waals surface area contributed by atoms with Gasteiger partial charge in [-0.3, -0.25) is 9.78 Å². The van der Waals surface area contributed by atoms with Crippen LogP contribution in [-0.2, 0) is 0 Å². The summed E-state index contributed by atoms with van der Waals surface area (Å²) in [6, 6.07) is 1.35. The van der Waals surface area contributed by atoms with Crippen molar-refractivity contribution in [2.75, 3.05) is 11.9 Å². The van der Waals surface area contributed by atoms with Crippen molar-refractivity contribution in [3.63, 3.8) is 0 Å². The van der Waals surface area contributed by atoms with Crippen LogP contribution >= 0.6 is 15.9 Å². The lowest BCUT2D eigenvalue weighted by atomic mass is 10.2. The van der Waals surface area contributed by atoms with Crippen LogP contribution in [0.2, 0.25) is 0 Å². The number of nitrogens with zero attached hydrogens (tertiary/aromatic N) is 1. The number of halogens is 2. The van der Waals surface area contributed by atoms with Gasteiger partial charge in [0.05, 0.1) is 11.8 Å². The van der Waals surface area contributed by atoms with E-state index < -0.39 is 11.7 Å². The lowest BCUT2D eigenvalue weighted by Gasteiger charge is -2.02. The van der Waals surface area contributed by atoms with Crippen molar-refractivity contribution in [2.45, 2.75) is 0 Å². The van der Waals surface area contributed by atoms with Crippen molar-refractivity contribution in [1.82, 2.24) is 10.3 Å². The molecule has 0 saturated carbocycles. The summed E-state index contributed by atoms with van der Waals surface area (Å²) in [5.74, 6) is -1.02. The summed E-state index contributed by atoms with van der Waals surface area (Å²) in [7, 11) is 0. The quantitative estimate of drug-likeness (QED) is 0.819. The number of nitrogens with one attached hydrogen (secondary N) is 1. The van der Waals surface area contributed by atoms with Crippen LogP contribution in [-0.4, -0.2) is 22.8 Å². The van der Waals surface area contributed by atoms with Crippen molar-refractivity contribution in [3.8, 4) is 0 Å². The maximum Gasteiger partial charge on any atom is 0.254 e. The molecule has 0 atom stereocenters. The van der Waals surface area contributed by atoms with E-state index in [9.17, 15) is 9.18 Å². The number of rotatable bonds is 3. The normalized spacial score (nSPS) is 9.69. The van der Waals surface area contributed by atoms with Crippen molar-refractivity contribution < 1.29 is 9.18 Å². The van der Waals surface area contributed by atoms with Crippen molar-refractivity contribution in [2.24, 2.45) is 0 Å². The van der Waals surface area contributed by atoms with E-state index in [2.05, 4.69) is 26.2 Å². The highest BCUT2D eigenvalue weighted by molar-refractivity contribution is 9.09. The fourth-order valence-corrected chi connectivity index (χ4v) is 1.01. The van der Waals surface area contributed by atoms with E-state index in [-0.39, 0.29) is 5.56 Å². The van der Waals surface area contributed by atoms with Gasteiger partial charge in [0, 0.05) is 18.1 Å². The third-order valence-electron chi connectivity index (χ3n) is 1.40. The topological polar surface area (TPSA) is 42.0 Å². The molecule has 3 nitrogen and oxygen atoms in total. The maximum absolute atomic E-state index is 12.9. The summed E-state index contributed by atoms with van der Waals surface area (Å²) >= 11 is 3.15. The molecule has 0 radical (unpaired) electrons. The molecule has 0 aliphatic heterocycles. The molecule has 0 aliphatic carbocycles. The van der Waals surface area contributed by atoms with Crippen molar-refractivity contribution in [1.29, 1.82) is 0 Å². The van der Waals surface area contributed by atoms with Crippen LogP contribution in [0.1, 0.15) is 10.4 Å². The molecule has 5 heteroatoms. The van der Waals surface area contributed by atoms with Gasteiger partial charge in [-0.25, -0.2) is 4.39 Å². The zero-order chi connectivity index (χ0) is 9.68. The fourth-order valence-electron chi connectivity index (χ4n) is 0.815. The van der Waals surface area contributed by atoms with Gasteiger partial charge in [0.15, 0.2) is 5.82 Å². The molecule has 0 unspecified atom stereocenters. The summed E-state index contributed by atoms with van der Waals surface area (Å²) in [6.45, 7) is 0.473. The minimum Gasteiger partial charge on any atom is -0.351 e. The Morgan fingerprint density at radius 1 is 1.69 bits per heavy atom. The number of alkyl halides is 1. The average molecular weight is 247 g/mol. The largest absolute Gasteiger partial charge is 0.351 e. The molecule has 1 aromatic heterocycles. The van der Waals surface area contributed by atoms with Crippen LogP contribution in [0.3, 0.4) is 0 Å². The van der Waals surface area contributed by atoms with Gasteiger partial charge in [-0.2, -0.15) is 0 Å². The minimum absolute atomic E-state index is 0.0240. The third-order valence-corrected chi connectivity index (χ3v) is 1.79. The maximum atomic E-state index is 12.9. The number of carbonyl (C=O) groups is 1. The van der Waals surface area contributed by atoms with Gasteiger partial charge in [-0.1, -0.05) is 15.9 Å². The first-order valence-electron chi connectivity index (χ1n) is 3.69. The fraction of sp³-hybridized carbons (Fsp3) is 0.250. The zero-order valence-corrected chi connectivity index (χ0v) is 8.34. The second-order valence-electron chi connectivity index (χ2n) is 2.30. The van der Waals surface area contributed by atoms with Gasteiger partial charge in [0.25, 0.3) is 5.91 Å². The Hall–Kier alpha value is -0.970. The monoisotopic (exact) mass is 246 g/mol. The third kappa shape index (κ3) is 2.77. The highest BCUT2D eigenvalue weighted by atomic mass is 79.9. The molecule has 0 fully saturated rings. The molecule has 70 valence electrons. The van der Waals surface area contributed by atoms with E-state index >= 15 is 0 Å².